The maximum absolute atomic E-state index is 13.4. The first-order valence-electron chi connectivity index (χ1n) is 14.9. The second-order valence-corrected chi connectivity index (χ2v) is 21.2. The lowest BCUT2D eigenvalue weighted by Gasteiger charge is -2.53. The average molecular weight is 701 g/mol. The van der Waals surface area contributed by atoms with Gasteiger partial charge in [-0.2, -0.15) is 13.2 Å². The van der Waals surface area contributed by atoms with Crippen molar-refractivity contribution in [2.45, 2.75) is 133 Å². The van der Waals surface area contributed by atoms with E-state index >= 15 is 0 Å². The Labute approximate surface area is 257 Å². The van der Waals surface area contributed by atoms with Gasteiger partial charge in [0.15, 0.2) is 0 Å². The Morgan fingerprint density at radius 2 is 1.80 bits per heavy atom. The molecule has 9 heteroatoms. The van der Waals surface area contributed by atoms with Gasteiger partial charge in [0.2, 0.25) is 0 Å². The Hall–Kier alpha value is -1.04. The van der Waals surface area contributed by atoms with Gasteiger partial charge in [0.05, 0.1) is 0 Å². The van der Waals surface area contributed by atoms with Crippen LogP contribution in [0.15, 0.2) is 18.3 Å². The van der Waals surface area contributed by atoms with E-state index in [0.29, 0.717) is 5.56 Å². The lowest BCUT2D eigenvalue weighted by atomic mass is 9.70. The molecule has 41 heavy (non-hydrogen) atoms. The van der Waals surface area contributed by atoms with Crippen LogP contribution in [0, 0.1) is 5.41 Å². The summed E-state index contributed by atoms with van der Waals surface area (Å²) in [4.78, 5) is 9.21. The maximum Gasteiger partial charge on any atom is 0.433 e. The molecule has 5 rings (SSSR count). The van der Waals surface area contributed by atoms with Gasteiger partial charge >= 0.3 is 6.18 Å². The molecular formula is C32H44F3IN2O2Si-. The largest absolute Gasteiger partial charge is 0.559 e. The fourth-order valence-corrected chi connectivity index (χ4v) is 9.20. The highest BCUT2D eigenvalue weighted by Gasteiger charge is 2.56. The van der Waals surface area contributed by atoms with E-state index in [1.165, 1.54) is 23.4 Å². The second-order valence-electron chi connectivity index (χ2n) is 14.9. The third-order valence-corrected chi connectivity index (χ3v) is 15.9. The fraction of sp³-hybridized carbons (Fsp3) is 0.688. The minimum absolute atomic E-state index is 0.0261. The smallest absolute Gasteiger partial charge is 0.433 e. The third-order valence-electron chi connectivity index (χ3n) is 9.78. The van der Waals surface area contributed by atoms with Crippen LogP contribution in [0.1, 0.15) is 132 Å². The van der Waals surface area contributed by atoms with Crippen molar-refractivity contribution in [2.24, 2.45) is 5.41 Å². The molecule has 2 unspecified atom stereocenters. The lowest BCUT2D eigenvalue weighted by Crippen LogP contribution is -2.44. The predicted octanol–water partition coefficient (Wildman–Crippen LogP) is 9.96. The molecule has 2 aromatic rings. The predicted molar refractivity (Wildman–Crippen MR) is 167 cm³/mol. The highest BCUT2D eigenvalue weighted by molar-refractivity contribution is 14.1. The topological polar surface area (TPSA) is 44.2 Å². The van der Waals surface area contributed by atoms with Gasteiger partial charge in [-0.15, -0.1) is 18.1 Å². The zero-order valence-electron chi connectivity index (χ0n) is 25.8. The molecule has 0 amide bonds. The molecular weight excluding hydrogens is 656 g/mol. The van der Waals surface area contributed by atoms with E-state index < -0.39 is 31.9 Å². The van der Waals surface area contributed by atoms with Crippen LogP contribution in [0.4, 0.5) is 13.2 Å². The van der Waals surface area contributed by atoms with Gasteiger partial charge in [0, 0.05) is 49.9 Å². The van der Waals surface area contributed by atoms with Crippen molar-refractivity contribution in [1.29, 1.82) is 0 Å². The van der Waals surface area contributed by atoms with E-state index in [4.69, 9.17) is 14.1 Å². The molecule has 0 saturated heterocycles. The molecule has 0 aromatic carbocycles. The van der Waals surface area contributed by atoms with Crippen molar-refractivity contribution in [3.63, 3.8) is 0 Å². The van der Waals surface area contributed by atoms with Crippen molar-refractivity contribution in [3.8, 4) is 0 Å². The van der Waals surface area contributed by atoms with Crippen molar-refractivity contribution in [2.75, 3.05) is 0 Å². The zero-order valence-corrected chi connectivity index (χ0v) is 29.0. The third kappa shape index (κ3) is 5.43. The Morgan fingerprint density at radius 3 is 2.32 bits per heavy atom. The number of alkyl halides is 4. The first-order chi connectivity index (χ1) is 18.8. The minimum atomic E-state index is -4.49. The zero-order chi connectivity index (χ0) is 30.3. The van der Waals surface area contributed by atoms with Crippen LogP contribution in [0.2, 0.25) is 18.1 Å². The van der Waals surface area contributed by atoms with Crippen LogP contribution >= 0.6 is 22.6 Å². The molecule has 3 heterocycles. The number of ether oxygens (including phenoxy) is 1. The van der Waals surface area contributed by atoms with Gasteiger partial charge in [0.1, 0.15) is 17.4 Å². The van der Waals surface area contributed by atoms with Crippen LogP contribution < -0.4 is 0 Å². The number of aromatic nitrogens is 2. The van der Waals surface area contributed by atoms with Crippen LogP contribution in [0.5, 0.6) is 0 Å². The molecule has 1 spiro atoms. The molecule has 4 atom stereocenters. The molecule has 0 radical (unpaired) electrons. The van der Waals surface area contributed by atoms with Gasteiger partial charge < -0.3 is 9.16 Å². The molecule has 2 aromatic heterocycles. The van der Waals surface area contributed by atoms with Crippen LogP contribution in [-0.4, -0.2) is 22.2 Å². The van der Waals surface area contributed by atoms with Gasteiger partial charge in [-0.05, 0) is 57.8 Å². The van der Waals surface area contributed by atoms with Gasteiger partial charge in [-0.1, -0.05) is 77.1 Å². The normalized spacial score (nSPS) is 27.9. The van der Waals surface area contributed by atoms with Crippen molar-refractivity contribution in [3.05, 3.63) is 57.7 Å². The van der Waals surface area contributed by atoms with Crippen LogP contribution in [-0.2, 0) is 27.4 Å². The Morgan fingerprint density at radius 1 is 1.12 bits per heavy atom. The molecule has 0 bridgehead atoms. The highest BCUT2D eigenvalue weighted by atomic mass is 127. The summed E-state index contributed by atoms with van der Waals surface area (Å²) in [6.45, 7) is 20.3. The van der Waals surface area contributed by atoms with E-state index in [1.54, 1.807) is 0 Å². The summed E-state index contributed by atoms with van der Waals surface area (Å²) >= 11 is 2.55. The minimum Gasteiger partial charge on any atom is -0.559 e. The van der Waals surface area contributed by atoms with Crippen molar-refractivity contribution < 1.29 is 22.3 Å². The van der Waals surface area contributed by atoms with E-state index in [9.17, 15) is 13.2 Å². The summed E-state index contributed by atoms with van der Waals surface area (Å²) in [6, 6.07) is 2.61. The molecule has 1 aliphatic heterocycles. The van der Waals surface area contributed by atoms with Gasteiger partial charge in [-0.3, -0.25) is 9.97 Å². The number of fused-ring (bicyclic) bond motifs is 4. The average Bonchev–Trinajstić information content (AvgIpc) is 3.37. The molecule has 4 nitrogen and oxygen atoms in total. The monoisotopic (exact) mass is 700 g/mol. The SMILES string of the molecule is CC(C)c1nc2c(c3c1[C@@H](c1ccc(C(F)(F)F)nc1)OC31CCCC1I)[C@@H](O[Si-](C)(C)C(C)(C)C)CC(C)(C)C2. The summed E-state index contributed by atoms with van der Waals surface area (Å²) in [7, 11) is -2.15. The summed E-state index contributed by atoms with van der Waals surface area (Å²) in [6.07, 6.45) is 0.949. The Kier molecular flexibility index (Phi) is 7.85. The summed E-state index contributed by atoms with van der Waals surface area (Å²) in [5, 5.41) is 0.0466. The first-order valence-corrected chi connectivity index (χ1v) is 19.0. The Balaban J connectivity index is 1.78. The fourth-order valence-electron chi connectivity index (χ4n) is 6.73. The van der Waals surface area contributed by atoms with E-state index in [-0.39, 0.29) is 26.4 Å². The molecule has 1 fully saturated rings. The number of hydrogen-bond acceptors (Lipinski definition) is 4. The quantitative estimate of drug-likeness (QED) is 0.181. The lowest BCUT2D eigenvalue weighted by molar-refractivity contribution is -0.141. The van der Waals surface area contributed by atoms with Gasteiger partial charge in [0.25, 0.3) is 0 Å². The molecule has 2 aliphatic carbocycles. The number of rotatable bonds is 4. The van der Waals surface area contributed by atoms with Gasteiger partial charge in [-0.25, -0.2) is 0 Å². The van der Waals surface area contributed by atoms with Crippen molar-refractivity contribution in [1.82, 2.24) is 9.97 Å². The molecule has 3 aliphatic rings. The standard InChI is InChI=1S/C32H44F3IN2O2Si/c1-18(2)27-25-26(24-20(38-27)15-30(6,7)16-21(24)40-41(8,9)29(3,4)5)31(14-10-11-22(31)36)39-28(25)19-12-13-23(37-17-19)32(33,34)35/h12-13,17-18,21-22,28H,10-11,14-16H2,1-9H3/q-1/t21-,22?,28+,31?/m0/s1. The summed E-state index contributed by atoms with van der Waals surface area (Å²) in [5.74, 6) is 0.122. The number of pyridine rings is 2. The number of nitrogens with zero attached hydrogens (tertiary/aromatic N) is 2. The maximum atomic E-state index is 13.4. The van der Waals surface area contributed by atoms with Crippen LogP contribution in [0.3, 0.4) is 0 Å². The first kappa shape index (κ1) is 31.4. The summed E-state index contributed by atoms with van der Waals surface area (Å²) < 4.78 is 54.8. The Bertz CT molecular complexity index is 1320. The molecule has 1 saturated carbocycles. The van der Waals surface area contributed by atoms with E-state index in [1.807, 2.05) is 0 Å². The summed E-state index contributed by atoms with van der Waals surface area (Å²) in [5.41, 5.74) is 4.79. The highest BCUT2D eigenvalue weighted by Crippen LogP contribution is 2.62. The number of halogens is 4. The van der Waals surface area contributed by atoms with Crippen LogP contribution in [0.25, 0.3) is 0 Å². The second kappa shape index (κ2) is 10.3. The molecule has 227 valence electrons. The van der Waals surface area contributed by atoms with Crippen molar-refractivity contribution >= 4 is 30.9 Å². The van der Waals surface area contributed by atoms with E-state index in [0.717, 1.165) is 55.1 Å². The number of hydrogen-bond donors (Lipinski definition) is 0. The molecule has 0 N–H and O–H groups in total. The van der Waals surface area contributed by atoms with E-state index in [2.05, 4.69) is 89.1 Å².